The molecular formula is C12H23F3N2O2. The second-order valence-electron chi connectivity index (χ2n) is 4.69. The zero-order valence-electron chi connectivity index (χ0n) is 11.8. The largest absolute Gasteiger partial charge is 0.415 e. The Kier molecular flexibility index (Phi) is 7.36. The van der Waals surface area contributed by atoms with E-state index in [0.717, 1.165) is 12.8 Å². The molecular weight excluding hydrogens is 261 g/mol. The number of rotatable bonds is 7. The third-order valence-corrected chi connectivity index (χ3v) is 3.21. The van der Waals surface area contributed by atoms with Gasteiger partial charge in [-0.2, -0.15) is 13.2 Å². The average molecular weight is 284 g/mol. The van der Waals surface area contributed by atoms with Gasteiger partial charge in [-0.15, -0.1) is 0 Å². The molecule has 0 heterocycles. The minimum Gasteiger partial charge on any atom is -0.382 e. The van der Waals surface area contributed by atoms with Gasteiger partial charge < -0.3 is 10.4 Å². The van der Waals surface area contributed by atoms with Crippen molar-refractivity contribution in [1.29, 1.82) is 0 Å². The fourth-order valence-electron chi connectivity index (χ4n) is 1.55. The van der Waals surface area contributed by atoms with E-state index in [1.54, 1.807) is 0 Å². The molecule has 0 aliphatic heterocycles. The second-order valence-corrected chi connectivity index (χ2v) is 4.69. The fourth-order valence-corrected chi connectivity index (χ4v) is 1.55. The highest BCUT2D eigenvalue weighted by atomic mass is 19.4. The number of likely N-dealkylation sites (N-methyl/N-ethyl adjacent to an activating group) is 1. The summed E-state index contributed by atoms with van der Waals surface area (Å²) in [5.74, 6) is -0.328. The van der Waals surface area contributed by atoms with Gasteiger partial charge >= 0.3 is 6.18 Å². The minimum atomic E-state index is -4.67. The van der Waals surface area contributed by atoms with Gasteiger partial charge in [-0.1, -0.05) is 13.8 Å². The Hall–Kier alpha value is -0.820. The molecule has 0 fully saturated rings. The lowest BCUT2D eigenvalue weighted by Crippen LogP contribution is -2.50. The highest BCUT2D eigenvalue weighted by molar-refractivity contribution is 5.81. The zero-order chi connectivity index (χ0) is 15.2. The molecule has 2 N–H and O–H groups in total. The lowest BCUT2D eigenvalue weighted by molar-refractivity contribution is -0.208. The van der Waals surface area contributed by atoms with E-state index in [1.165, 1.54) is 18.9 Å². The van der Waals surface area contributed by atoms with E-state index in [9.17, 15) is 18.0 Å². The molecule has 19 heavy (non-hydrogen) atoms. The lowest BCUT2D eigenvalue weighted by atomic mass is 10.1. The molecule has 2 unspecified atom stereocenters. The summed E-state index contributed by atoms with van der Waals surface area (Å²) in [6, 6.07) is -0.700. The van der Waals surface area contributed by atoms with Crippen molar-refractivity contribution in [3.05, 3.63) is 0 Å². The number of hydrogen-bond acceptors (Lipinski definition) is 3. The maximum Gasteiger partial charge on any atom is 0.415 e. The summed E-state index contributed by atoms with van der Waals surface area (Å²) in [5.41, 5.74) is 0. The predicted molar refractivity (Wildman–Crippen MR) is 66.7 cm³/mol. The van der Waals surface area contributed by atoms with Crippen LogP contribution in [0.2, 0.25) is 0 Å². The molecule has 0 aromatic heterocycles. The molecule has 0 saturated heterocycles. The maximum atomic E-state index is 12.2. The van der Waals surface area contributed by atoms with E-state index in [0.29, 0.717) is 0 Å². The Morgan fingerprint density at radius 1 is 1.32 bits per heavy atom. The zero-order valence-corrected chi connectivity index (χ0v) is 11.8. The summed E-state index contributed by atoms with van der Waals surface area (Å²) < 4.78 is 36.6. The molecule has 0 radical (unpaired) electrons. The molecule has 0 aromatic rings. The minimum absolute atomic E-state index is 0.0240. The summed E-state index contributed by atoms with van der Waals surface area (Å²) in [5, 5.41) is 11.7. The highest BCUT2D eigenvalue weighted by Gasteiger charge is 2.39. The molecule has 0 bridgehead atoms. The monoisotopic (exact) mass is 284 g/mol. The first kappa shape index (κ1) is 18.2. The number of nitrogens with zero attached hydrogens (tertiary/aromatic N) is 1. The third kappa shape index (κ3) is 6.24. The van der Waals surface area contributed by atoms with Gasteiger partial charge in [-0.05, 0) is 26.8 Å². The summed E-state index contributed by atoms with van der Waals surface area (Å²) in [6.07, 6.45) is -5.58. The molecule has 0 aromatic carbocycles. The Morgan fingerprint density at radius 2 is 1.79 bits per heavy atom. The molecule has 0 aliphatic rings. The Bertz CT molecular complexity index is 281. The van der Waals surface area contributed by atoms with Crippen molar-refractivity contribution in [2.24, 2.45) is 0 Å². The number of amides is 1. The first-order valence-electron chi connectivity index (χ1n) is 6.38. The molecule has 4 nitrogen and oxygen atoms in total. The van der Waals surface area contributed by atoms with Gasteiger partial charge in [0.2, 0.25) is 5.91 Å². The maximum absolute atomic E-state index is 12.2. The van der Waals surface area contributed by atoms with Gasteiger partial charge in [-0.3, -0.25) is 9.69 Å². The van der Waals surface area contributed by atoms with Crippen molar-refractivity contribution in [2.45, 2.75) is 58.0 Å². The number of nitrogens with one attached hydrogen (secondary N) is 1. The van der Waals surface area contributed by atoms with Gasteiger partial charge in [-0.25, -0.2) is 0 Å². The van der Waals surface area contributed by atoms with E-state index in [4.69, 9.17) is 5.11 Å². The van der Waals surface area contributed by atoms with Crippen LogP contribution in [-0.2, 0) is 4.79 Å². The highest BCUT2D eigenvalue weighted by Crippen LogP contribution is 2.20. The third-order valence-electron chi connectivity index (χ3n) is 3.21. The number of alkyl halides is 3. The van der Waals surface area contributed by atoms with Crippen LogP contribution in [0.1, 0.15) is 33.6 Å². The van der Waals surface area contributed by atoms with Crippen molar-refractivity contribution in [2.75, 3.05) is 13.6 Å². The van der Waals surface area contributed by atoms with Crippen molar-refractivity contribution >= 4 is 5.91 Å². The topological polar surface area (TPSA) is 52.6 Å². The molecule has 114 valence electrons. The van der Waals surface area contributed by atoms with Crippen LogP contribution in [0.3, 0.4) is 0 Å². The van der Waals surface area contributed by atoms with Crippen molar-refractivity contribution in [3.63, 3.8) is 0 Å². The van der Waals surface area contributed by atoms with Gasteiger partial charge in [0.05, 0.1) is 6.04 Å². The average Bonchev–Trinajstić information content (AvgIpc) is 2.33. The van der Waals surface area contributed by atoms with Crippen LogP contribution >= 0.6 is 0 Å². The van der Waals surface area contributed by atoms with Crippen LogP contribution in [-0.4, -0.2) is 53.9 Å². The van der Waals surface area contributed by atoms with Crippen molar-refractivity contribution in [1.82, 2.24) is 10.2 Å². The summed E-state index contributed by atoms with van der Waals surface area (Å²) in [4.78, 5) is 13.0. The number of halogens is 3. The predicted octanol–water partition coefficient (Wildman–Crippen LogP) is 1.53. The molecule has 0 spiro atoms. The Labute approximate surface area is 112 Å². The van der Waals surface area contributed by atoms with Crippen molar-refractivity contribution < 1.29 is 23.1 Å². The molecule has 7 heteroatoms. The van der Waals surface area contributed by atoms with Gasteiger partial charge in [0.15, 0.2) is 6.10 Å². The summed E-state index contributed by atoms with van der Waals surface area (Å²) >= 11 is 0. The SMILES string of the molecule is CCC(CC)NC(=O)C(C)N(C)CC(O)C(F)(F)F. The Morgan fingerprint density at radius 3 is 2.16 bits per heavy atom. The molecule has 0 saturated carbocycles. The van der Waals surface area contributed by atoms with Crippen LogP contribution in [0.5, 0.6) is 0 Å². The lowest BCUT2D eigenvalue weighted by Gasteiger charge is -2.28. The fraction of sp³-hybridized carbons (Fsp3) is 0.917. The molecule has 0 rings (SSSR count). The molecule has 1 amide bonds. The van der Waals surface area contributed by atoms with E-state index < -0.39 is 24.9 Å². The summed E-state index contributed by atoms with van der Waals surface area (Å²) in [7, 11) is 1.38. The van der Waals surface area contributed by atoms with Crippen LogP contribution in [0.25, 0.3) is 0 Å². The van der Waals surface area contributed by atoms with Gasteiger partial charge in [0.25, 0.3) is 0 Å². The van der Waals surface area contributed by atoms with E-state index >= 15 is 0 Å². The van der Waals surface area contributed by atoms with Crippen LogP contribution < -0.4 is 5.32 Å². The van der Waals surface area contributed by atoms with E-state index in [2.05, 4.69) is 5.32 Å². The Balaban J connectivity index is 4.40. The summed E-state index contributed by atoms with van der Waals surface area (Å²) in [6.45, 7) is 4.74. The van der Waals surface area contributed by atoms with Crippen molar-refractivity contribution in [3.8, 4) is 0 Å². The molecule has 0 aliphatic carbocycles. The quantitative estimate of drug-likeness (QED) is 0.745. The van der Waals surface area contributed by atoms with Crippen LogP contribution in [0, 0.1) is 0 Å². The number of carbonyl (C=O) groups excluding carboxylic acids is 1. The van der Waals surface area contributed by atoms with Crippen LogP contribution in [0.15, 0.2) is 0 Å². The first-order chi connectivity index (χ1) is 8.63. The van der Waals surface area contributed by atoms with Gasteiger partial charge in [0.1, 0.15) is 0 Å². The molecule has 2 atom stereocenters. The normalized spacial score (nSPS) is 15.7. The number of aliphatic hydroxyl groups excluding tert-OH is 1. The first-order valence-corrected chi connectivity index (χ1v) is 6.38. The van der Waals surface area contributed by atoms with Crippen LogP contribution in [0.4, 0.5) is 13.2 Å². The number of aliphatic hydroxyl groups is 1. The van der Waals surface area contributed by atoms with Gasteiger partial charge in [0, 0.05) is 12.6 Å². The number of carbonyl (C=O) groups is 1. The van der Waals surface area contributed by atoms with E-state index in [1.807, 2.05) is 13.8 Å². The smallest absolute Gasteiger partial charge is 0.382 e. The standard InChI is InChI=1S/C12H23F3N2O2/c1-5-9(6-2)16-11(19)8(3)17(4)7-10(18)12(13,14)15/h8-10,18H,5-7H2,1-4H3,(H,16,19). The second kappa shape index (κ2) is 7.69. The van der Waals surface area contributed by atoms with E-state index in [-0.39, 0.29) is 11.9 Å². The number of hydrogen-bond donors (Lipinski definition) is 2.